The van der Waals surface area contributed by atoms with Crippen molar-refractivity contribution in [2.75, 3.05) is 31.1 Å². The molecule has 0 aromatic heterocycles. The Morgan fingerprint density at radius 1 is 0.970 bits per heavy atom. The van der Waals surface area contributed by atoms with Crippen LogP contribution in [-0.4, -0.2) is 44.8 Å². The summed E-state index contributed by atoms with van der Waals surface area (Å²) in [5.41, 5.74) is 3.42. The molecule has 0 saturated carbocycles. The number of piperidine rings is 2. The van der Waals surface area contributed by atoms with Crippen LogP contribution in [0.4, 0.5) is 5.69 Å². The molecule has 33 heavy (non-hydrogen) atoms. The van der Waals surface area contributed by atoms with Crippen LogP contribution in [0.15, 0.2) is 47.4 Å². The monoisotopic (exact) mass is 469 g/mol. The molecule has 6 nitrogen and oxygen atoms in total. The Labute approximate surface area is 198 Å². The van der Waals surface area contributed by atoms with E-state index in [4.69, 9.17) is 0 Å². The maximum atomic E-state index is 13.1. The molecule has 0 bridgehead atoms. The van der Waals surface area contributed by atoms with Crippen LogP contribution in [0, 0.1) is 12.8 Å². The van der Waals surface area contributed by atoms with Crippen molar-refractivity contribution in [3.05, 3.63) is 59.2 Å². The molecule has 2 heterocycles. The highest BCUT2D eigenvalue weighted by molar-refractivity contribution is 7.89. The van der Waals surface area contributed by atoms with Gasteiger partial charge in [-0.1, -0.05) is 25.1 Å². The van der Waals surface area contributed by atoms with Gasteiger partial charge in [0.15, 0.2) is 0 Å². The minimum Gasteiger partial charge on any atom is -0.372 e. The van der Waals surface area contributed by atoms with Gasteiger partial charge >= 0.3 is 0 Å². The van der Waals surface area contributed by atoms with Crippen molar-refractivity contribution in [2.45, 2.75) is 57.4 Å². The molecule has 2 saturated heterocycles. The van der Waals surface area contributed by atoms with Gasteiger partial charge in [0.25, 0.3) is 5.91 Å². The van der Waals surface area contributed by atoms with Gasteiger partial charge in [0.2, 0.25) is 10.0 Å². The van der Waals surface area contributed by atoms with Crippen molar-refractivity contribution in [1.29, 1.82) is 0 Å². The van der Waals surface area contributed by atoms with E-state index >= 15 is 0 Å². The molecule has 1 amide bonds. The number of nitrogens with one attached hydrogen (secondary N) is 1. The fourth-order valence-electron chi connectivity index (χ4n) is 4.63. The second kappa shape index (κ2) is 10.3. The smallest absolute Gasteiger partial charge is 0.251 e. The Hall–Kier alpha value is -2.38. The third kappa shape index (κ3) is 5.58. The molecule has 1 N–H and O–H groups in total. The topological polar surface area (TPSA) is 69.7 Å². The van der Waals surface area contributed by atoms with Gasteiger partial charge in [0, 0.05) is 44.0 Å². The number of carbonyl (C=O) groups excluding carboxylic acids is 1. The van der Waals surface area contributed by atoms with E-state index in [1.165, 1.54) is 31.0 Å². The zero-order valence-electron chi connectivity index (χ0n) is 19.7. The molecule has 0 atom stereocenters. The summed E-state index contributed by atoms with van der Waals surface area (Å²) in [6.07, 6.45) is 5.52. The summed E-state index contributed by atoms with van der Waals surface area (Å²) in [5.74, 6) is 0.293. The molecule has 178 valence electrons. The minimum atomic E-state index is -3.59. The molecule has 2 aliphatic rings. The Bertz CT molecular complexity index is 1070. The van der Waals surface area contributed by atoms with Gasteiger partial charge in [0.05, 0.1) is 4.90 Å². The van der Waals surface area contributed by atoms with E-state index in [-0.39, 0.29) is 10.8 Å². The van der Waals surface area contributed by atoms with Crippen LogP contribution in [-0.2, 0) is 16.6 Å². The highest BCUT2D eigenvalue weighted by Gasteiger charge is 2.29. The van der Waals surface area contributed by atoms with Crippen LogP contribution in [0.1, 0.15) is 60.5 Å². The molecule has 0 unspecified atom stereocenters. The lowest BCUT2D eigenvalue weighted by Gasteiger charge is -2.29. The van der Waals surface area contributed by atoms with Gasteiger partial charge < -0.3 is 10.2 Å². The average molecular weight is 470 g/mol. The van der Waals surface area contributed by atoms with E-state index in [1.54, 1.807) is 16.4 Å². The van der Waals surface area contributed by atoms with Crippen molar-refractivity contribution in [1.82, 2.24) is 9.62 Å². The molecule has 0 spiro atoms. The summed E-state index contributed by atoms with van der Waals surface area (Å²) in [7, 11) is -3.59. The van der Waals surface area contributed by atoms with Crippen molar-refractivity contribution in [3.8, 4) is 0 Å². The molecule has 4 rings (SSSR count). The Morgan fingerprint density at radius 2 is 1.64 bits per heavy atom. The first-order valence-corrected chi connectivity index (χ1v) is 13.5. The second-order valence-electron chi connectivity index (χ2n) is 9.46. The second-order valence-corrected chi connectivity index (χ2v) is 11.4. The maximum Gasteiger partial charge on any atom is 0.251 e. The van der Waals surface area contributed by atoms with E-state index in [9.17, 15) is 13.2 Å². The van der Waals surface area contributed by atoms with E-state index < -0.39 is 10.0 Å². The fraction of sp³-hybridized carbons (Fsp3) is 0.500. The van der Waals surface area contributed by atoms with Crippen LogP contribution in [0.5, 0.6) is 0 Å². The summed E-state index contributed by atoms with van der Waals surface area (Å²) in [6, 6.07) is 13.2. The lowest BCUT2D eigenvalue weighted by atomic mass is 10.0. The molecule has 2 fully saturated rings. The fourth-order valence-corrected chi connectivity index (χ4v) is 6.13. The first kappa shape index (κ1) is 23.8. The van der Waals surface area contributed by atoms with Crippen molar-refractivity contribution < 1.29 is 13.2 Å². The quantitative estimate of drug-likeness (QED) is 0.683. The molecule has 0 radical (unpaired) electrons. The maximum absolute atomic E-state index is 13.1. The number of benzene rings is 2. The third-order valence-corrected chi connectivity index (χ3v) is 8.84. The van der Waals surface area contributed by atoms with E-state index in [1.807, 2.05) is 6.92 Å². The van der Waals surface area contributed by atoms with Crippen molar-refractivity contribution >= 4 is 21.6 Å². The standard InChI is InChI=1S/C26H35N3O3S/c1-20-12-16-29(17-13-20)33(31,32)24-11-6-21(2)25(18-24)26(30)27-19-22-7-9-23(10-8-22)28-14-4-3-5-15-28/h6-11,18,20H,3-5,12-17,19H2,1-2H3,(H,27,30). The van der Waals surface area contributed by atoms with Crippen LogP contribution < -0.4 is 10.2 Å². The Kier molecular flexibility index (Phi) is 7.39. The number of hydrogen-bond donors (Lipinski definition) is 1. The minimum absolute atomic E-state index is 0.193. The number of aryl methyl sites for hydroxylation is 1. The number of sulfonamides is 1. The van der Waals surface area contributed by atoms with Crippen molar-refractivity contribution in [3.63, 3.8) is 0 Å². The number of hydrogen-bond acceptors (Lipinski definition) is 4. The van der Waals surface area contributed by atoms with E-state index in [2.05, 4.69) is 41.4 Å². The molecular formula is C26H35N3O3S. The Morgan fingerprint density at radius 3 is 2.30 bits per heavy atom. The first-order valence-electron chi connectivity index (χ1n) is 12.1. The molecular weight excluding hydrogens is 434 g/mol. The summed E-state index contributed by atoms with van der Waals surface area (Å²) < 4.78 is 27.8. The third-order valence-electron chi connectivity index (χ3n) is 6.94. The Balaban J connectivity index is 1.42. The predicted octanol–water partition coefficient (Wildman–Crippen LogP) is 4.34. The van der Waals surface area contributed by atoms with Gasteiger partial charge in [-0.05, 0) is 80.3 Å². The molecule has 2 aliphatic heterocycles. The molecule has 7 heteroatoms. The zero-order valence-corrected chi connectivity index (χ0v) is 20.5. The summed E-state index contributed by atoms with van der Waals surface area (Å²) in [4.78, 5) is 15.5. The largest absolute Gasteiger partial charge is 0.372 e. The van der Waals surface area contributed by atoms with Crippen LogP contribution in [0.25, 0.3) is 0 Å². The predicted molar refractivity (Wildman–Crippen MR) is 132 cm³/mol. The van der Waals surface area contributed by atoms with Crippen molar-refractivity contribution in [2.24, 2.45) is 5.92 Å². The number of carbonyl (C=O) groups is 1. The molecule has 2 aromatic carbocycles. The van der Waals surface area contributed by atoms with Gasteiger partial charge in [-0.3, -0.25) is 4.79 Å². The van der Waals surface area contributed by atoms with Crippen LogP contribution in [0.3, 0.4) is 0 Å². The average Bonchev–Trinajstić information content (AvgIpc) is 2.84. The SMILES string of the molecule is Cc1ccc(S(=O)(=O)N2CCC(C)CC2)cc1C(=O)NCc1ccc(N2CCCCC2)cc1. The lowest BCUT2D eigenvalue weighted by Crippen LogP contribution is -2.38. The first-order chi connectivity index (χ1) is 15.8. The summed E-state index contributed by atoms with van der Waals surface area (Å²) in [6.45, 7) is 7.66. The number of nitrogens with zero attached hydrogens (tertiary/aromatic N) is 2. The highest BCUT2D eigenvalue weighted by atomic mass is 32.2. The molecule has 0 aliphatic carbocycles. The van der Waals surface area contributed by atoms with Gasteiger partial charge in [-0.25, -0.2) is 8.42 Å². The summed E-state index contributed by atoms with van der Waals surface area (Å²) in [5, 5.41) is 2.96. The zero-order chi connectivity index (χ0) is 23.4. The number of anilines is 1. The normalized spacial score (nSPS) is 18.3. The van der Waals surface area contributed by atoms with Crippen LogP contribution >= 0.6 is 0 Å². The molecule has 2 aromatic rings. The van der Waals surface area contributed by atoms with Crippen LogP contribution in [0.2, 0.25) is 0 Å². The highest BCUT2D eigenvalue weighted by Crippen LogP contribution is 2.25. The number of rotatable bonds is 6. The number of amides is 1. The lowest BCUT2D eigenvalue weighted by molar-refractivity contribution is 0.0950. The van der Waals surface area contributed by atoms with E-state index in [0.717, 1.165) is 37.1 Å². The van der Waals surface area contributed by atoms with Gasteiger partial charge in [-0.15, -0.1) is 0 Å². The van der Waals surface area contributed by atoms with E-state index in [0.29, 0.717) is 31.1 Å². The van der Waals surface area contributed by atoms with Gasteiger partial charge in [0.1, 0.15) is 0 Å². The summed E-state index contributed by atoms with van der Waals surface area (Å²) >= 11 is 0. The van der Waals surface area contributed by atoms with Gasteiger partial charge in [-0.2, -0.15) is 4.31 Å².